The molecule has 1 aliphatic rings. The summed E-state index contributed by atoms with van der Waals surface area (Å²) in [5.41, 5.74) is 5.03. The van der Waals surface area contributed by atoms with E-state index in [1.54, 1.807) is 6.07 Å². The zero-order valence-electron chi connectivity index (χ0n) is 8.92. The van der Waals surface area contributed by atoms with E-state index in [9.17, 15) is 13.2 Å². The van der Waals surface area contributed by atoms with E-state index in [-0.39, 0.29) is 12.6 Å². The average Bonchev–Trinajstić information content (AvgIpc) is 2.66. The lowest BCUT2D eigenvalue weighted by atomic mass is 10.2. The number of nitrogens with zero attached hydrogens (tertiary/aromatic N) is 2. The summed E-state index contributed by atoms with van der Waals surface area (Å²) >= 11 is 0. The number of primary amides is 1. The van der Waals surface area contributed by atoms with E-state index in [1.165, 1.54) is 0 Å². The van der Waals surface area contributed by atoms with E-state index in [0.29, 0.717) is 0 Å². The summed E-state index contributed by atoms with van der Waals surface area (Å²) in [5, 5.41) is 8.46. The van der Waals surface area contributed by atoms with Crippen LogP contribution in [0.1, 0.15) is 25.7 Å². The van der Waals surface area contributed by atoms with E-state index < -0.39 is 21.7 Å². The molecule has 90 valence electrons. The molecule has 6 nitrogen and oxygen atoms in total. The third-order valence-electron chi connectivity index (χ3n) is 2.65. The Labute approximate surface area is 95.1 Å². The fourth-order valence-electron chi connectivity index (χ4n) is 1.96. The lowest BCUT2D eigenvalue weighted by Crippen LogP contribution is -2.44. The molecule has 0 unspecified atom stereocenters. The van der Waals surface area contributed by atoms with Crippen molar-refractivity contribution in [3.8, 4) is 6.07 Å². The molecule has 0 heterocycles. The van der Waals surface area contributed by atoms with Gasteiger partial charge in [-0.15, -0.1) is 0 Å². The van der Waals surface area contributed by atoms with Gasteiger partial charge < -0.3 is 5.73 Å². The summed E-state index contributed by atoms with van der Waals surface area (Å²) in [6, 6.07) is 1.43. The van der Waals surface area contributed by atoms with Crippen LogP contribution in [-0.4, -0.2) is 37.0 Å². The van der Waals surface area contributed by atoms with Crippen molar-refractivity contribution >= 4 is 15.9 Å². The van der Waals surface area contributed by atoms with Gasteiger partial charge in [-0.2, -0.15) is 9.57 Å². The zero-order chi connectivity index (χ0) is 12.2. The highest BCUT2D eigenvalue weighted by atomic mass is 32.2. The topological polar surface area (TPSA) is 104 Å². The Kier molecular flexibility index (Phi) is 4.26. The highest BCUT2D eigenvalue weighted by Crippen LogP contribution is 2.25. The fraction of sp³-hybridized carbons (Fsp3) is 0.778. The predicted molar refractivity (Wildman–Crippen MR) is 57.6 cm³/mol. The Bertz CT molecular complexity index is 393. The number of hydrogen-bond donors (Lipinski definition) is 1. The Hall–Kier alpha value is -1.13. The van der Waals surface area contributed by atoms with Gasteiger partial charge in [0.05, 0.1) is 12.6 Å². The maximum atomic E-state index is 11.7. The molecule has 1 aliphatic carbocycles. The molecule has 1 rings (SSSR count). The second-order valence-corrected chi connectivity index (χ2v) is 5.79. The molecule has 0 radical (unpaired) electrons. The third kappa shape index (κ3) is 3.18. The van der Waals surface area contributed by atoms with Crippen LogP contribution in [0.4, 0.5) is 0 Å². The zero-order valence-corrected chi connectivity index (χ0v) is 9.74. The SMILES string of the molecule is N#CCS(=O)(=O)N(CC(N)=O)C1CCCC1. The maximum absolute atomic E-state index is 11.7. The minimum absolute atomic E-state index is 0.175. The second-order valence-electron chi connectivity index (χ2n) is 3.86. The summed E-state index contributed by atoms with van der Waals surface area (Å²) in [5.74, 6) is -1.29. The molecular formula is C9H15N3O3S. The van der Waals surface area contributed by atoms with Crippen LogP contribution in [0.15, 0.2) is 0 Å². The van der Waals surface area contributed by atoms with Crippen molar-refractivity contribution in [2.24, 2.45) is 5.73 Å². The molecule has 1 saturated carbocycles. The van der Waals surface area contributed by atoms with Crippen LogP contribution in [0.25, 0.3) is 0 Å². The maximum Gasteiger partial charge on any atom is 0.232 e. The molecule has 0 bridgehead atoms. The van der Waals surface area contributed by atoms with Gasteiger partial charge in [0.25, 0.3) is 0 Å². The smallest absolute Gasteiger partial charge is 0.232 e. The van der Waals surface area contributed by atoms with Crippen molar-refractivity contribution in [2.45, 2.75) is 31.7 Å². The second kappa shape index (κ2) is 5.27. The van der Waals surface area contributed by atoms with Gasteiger partial charge >= 0.3 is 0 Å². The predicted octanol–water partition coefficient (Wildman–Crippen LogP) is -0.430. The van der Waals surface area contributed by atoms with Gasteiger partial charge in [-0.3, -0.25) is 4.79 Å². The Morgan fingerprint density at radius 2 is 2.00 bits per heavy atom. The minimum Gasteiger partial charge on any atom is -0.369 e. The monoisotopic (exact) mass is 245 g/mol. The molecule has 0 aromatic rings. The number of carbonyl (C=O) groups is 1. The molecule has 7 heteroatoms. The normalized spacial score (nSPS) is 17.5. The van der Waals surface area contributed by atoms with E-state index in [1.807, 2.05) is 0 Å². The van der Waals surface area contributed by atoms with Gasteiger partial charge in [0.2, 0.25) is 15.9 Å². The van der Waals surface area contributed by atoms with Crippen LogP contribution in [-0.2, 0) is 14.8 Å². The van der Waals surface area contributed by atoms with Gasteiger partial charge in [-0.05, 0) is 12.8 Å². The number of sulfonamides is 1. The molecular weight excluding hydrogens is 230 g/mol. The summed E-state index contributed by atoms with van der Waals surface area (Å²) in [6.45, 7) is -0.325. The number of hydrogen-bond acceptors (Lipinski definition) is 4. The molecule has 0 aromatic carbocycles. The Morgan fingerprint density at radius 3 is 2.44 bits per heavy atom. The van der Waals surface area contributed by atoms with E-state index in [4.69, 9.17) is 11.0 Å². The molecule has 0 aromatic heterocycles. The van der Waals surface area contributed by atoms with Gasteiger partial charge in [0, 0.05) is 6.04 Å². The number of nitrogens with two attached hydrogens (primary N) is 1. The summed E-state index contributed by atoms with van der Waals surface area (Å²) in [4.78, 5) is 10.9. The average molecular weight is 245 g/mol. The van der Waals surface area contributed by atoms with Crippen molar-refractivity contribution in [3.05, 3.63) is 0 Å². The Balaban J connectivity index is 2.86. The molecule has 0 atom stereocenters. The lowest BCUT2D eigenvalue weighted by Gasteiger charge is -2.25. The van der Waals surface area contributed by atoms with Crippen molar-refractivity contribution in [3.63, 3.8) is 0 Å². The Morgan fingerprint density at radius 1 is 1.44 bits per heavy atom. The van der Waals surface area contributed by atoms with Crippen LogP contribution in [0.2, 0.25) is 0 Å². The van der Waals surface area contributed by atoms with E-state index >= 15 is 0 Å². The molecule has 1 amide bonds. The van der Waals surface area contributed by atoms with E-state index in [2.05, 4.69) is 0 Å². The lowest BCUT2D eigenvalue weighted by molar-refractivity contribution is -0.118. The van der Waals surface area contributed by atoms with Crippen molar-refractivity contribution in [1.29, 1.82) is 5.26 Å². The highest BCUT2D eigenvalue weighted by Gasteiger charge is 2.32. The molecule has 1 fully saturated rings. The van der Waals surface area contributed by atoms with E-state index in [0.717, 1.165) is 30.0 Å². The van der Waals surface area contributed by atoms with Crippen molar-refractivity contribution in [1.82, 2.24) is 4.31 Å². The fourth-order valence-corrected chi connectivity index (χ4v) is 3.28. The van der Waals surface area contributed by atoms with Gasteiger partial charge in [-0.25, -0.2) is 8.42 Å². The first kappa shape index (κ1) is 12.9. The van der Waals surface area contributed by atoms with Gasteiger partial charge in [0.15, 0.2) is 5.75 Å². The van der Waals surface area contributed by atoms with Gasteiger partial charge in [0.1, 0.15) is 0 Å². The molecule has 0 saturated heterocycles. The summed E-state index contributed by atoms with van der Waals surface area (Å²) in [7, 11) is -3.68. The standard InChI is InChI=1S/C9H15N3O3S/c10-5-6-16(14,15)12(7-9(11)13)8-3-1-2-4-8/h8H,1-4,6-7H2,(H2,11,13). The van der Waals surface area contributed by atoms with Crippen LogP contribution in [0.3, 0.4) is 0 Å². The quantitative estimate of drug-likeness (QED) is 0.709. The number of amides is 1. The first-order chi connectivity index (χ1) is 7.47. The van der Waals surface area contributed by atoms with Crippen LogP contribution >= 0.6 is 0 Å². The number of carbonyl (C=O) groups excluding carboxylic acids is 1. The third-order valence-corrected chi connectivity index (χ3v) is 4.28. The van der Waals surface area contributed by atoms with Crippen molar-refractivity contribution in [2.75, 3.05) is 12.3 Å². The molecule has 0 aliphatic heterocycles. The molecule has 16 heavy (non-hydrogen) atoms. The van der Waals surface area contributed by atoms with Crippen molar-refractivity contribution < 1.29 is 13.2 Å². The summed E-state index contributed by atoms with van der Waals surface area (Å²) < 4.78 is 24.6. The molecule has 0 spiro atoms. The van der Waals surface area contributed by atoms with Crippen LogP contribution in [0, 0.1) is 11.3 Å². The highest BCUT2D eigenvalue weighted by molar-refractivity contribution is 7.89. The largest absolute Gasteiger partial charge is 0.369 e. The first-order valence-electron chi connectivity index (χ1n) is 5.12. The number of nitriles is 1. The minimum atomic E-state index is -3.68. The molecule has 2 N–H and O–H groups in total. The summed E-state index contributed by atoms with van der Waals surface area (Å²) in [6.07, 6.45) is 3.36. The van der Waals surface area contributed by atoms with Gasteiger partial charge in [-0.1, -0.05) is 12.8 Å². The first-order valence-corrected chi connectivity index (χ1v) is 6.73. The van der Waals surface area contributed by atoms with Crippen LogP contribution in [0.5, 0.6) is 0 Å². The van der Waals surface area contributed by atoms with Crippen LogP contribution < -0.4 is 5.73 Å². The number of rotatable bonds is 5.